The van der Waals surface area contributed by atoms with E-state index in [0.717, 1.165) is 4.57 Å². The monoisotopic (exact) mass is 358 g/mol. The van der Waals surface area contributed by atoms with Crippen LogP contribution in [0.3, 0.4) is 0 Å². The molecule has 26 heavy (non-hydrogen) atoms. The predicted octanol–water partition coefficient (Wildman–Crippen LogP) is 0.667. The maximum Gasteiger partial charge on any atom is 0.347 e. The largest absolute Gasteiger partial charge is 0.504 e. The number of hydrogen-bond donors (Lipinski definition) is 2. The molecule has 2 aromatic heterocycles. The fourth-order valence-electron chi connectivity index (χ4n) is 2.93. The number of nitrogens with one attached hydrogen (secondary N) is 1. The summed E-state index contributed by atoms with van der Waals surface area (Å²) in [5, 5.41) is 9.91. The second kappa shape index (κ2) is 6.51. The Balaban J connectivity index is 2.53. The number of methoxy groups -OCH3 is 1. The number of benzene rings is 1. The number of fused-ring (bicyclic) bond motifs is 1. The van der Waals surface area contributed by atoms with E-state index >= 15 is 0 Å². The third-order valence-electron chi connectivity index (χ3n) is 4.19. The van der Waals surface area contributed by atoms with Gasteiger partial charge in [-0.1, -0.05) is 0 Å². The Bertz CT molecular complexity index is 1170. The second-order valence-corrected chi connectivity index (χ2v) is 5.58. The highest BCUT2D eigenvalue weighted by atomic mass is 16.5. The molecule has 1 aromatic carbocycles. The van der Waals surface area contributed by atoms with Crippen LogP contribution in [-0.2, 0) is 13.1 Å². The van der Waals surface area contributed by atoms with Gasteiger partial charge in [-0.3, -0.25) is 13.9 Å². The molecule has 9 heteroatoms. The highest BCUT2D eigenvalue weighted by Gasteiger charge is 2.19. The van der Waals surface area contributed by atoms with Gasteiger partial charge in [0, 0.05) is 18.7 Å². The van der Waals surface area contributed by atoms with E-state index in [1.807, 2.05) is 0 Å². The normalized spacial score (nSPS) is 11.0. The van der Waals surface area contributed by atoms with Gasteiger partial charge in [-0.25, -0.2) is 9.59 Å². The first-order valence-corrected chi connectivity index (χ1v) is 8.07. The number of aromatic nitrogens is 4. The number of aromatic amines is 1. The molecule has 3 rings (SSSR count). The Morgan fingerprint density at radius 2 is 1.85 bits per heavy atom. The molecule has 3 aromatic rings. The lowest BCUT2D eigenvalue weighted by Crippen LogP contribution is -2.41. The molecule has 0 aliphatic heterocycles. The second-order valence-electron chi connectivity index (χ2n) is 5.58. The Hall–Kier alpha value is -3.36. The fourth-order valence-corrected chi connectivity index (χ4v) is 2.93. The fraction of sp³-hybridized carbons (Fsp3) is 0.294. The summed E-state index contributed by atoms with van der Waals surface area (Å²) in [5.74, 6) is 0.112. The summed E-state index contributed by atoms with van der Waals surface area (Å²) in [6.45, 7) is 3.87. The zero-order valence-corrected chi connectivity index (χ0v) is 14.6. The first kappa shape index (κ1) is 17.5. The average Bonchev–Trinajstić information content (AvgIpc) is 2.62. The van der Waals surface area contributed by atoms with Crippen molar-refractivity contribution in [1.29, 1.82) is 0 Å². The summed E-state index contributed by atoms with van der Waals surface area (Å²) in [6, 6.07) is 4.43. The van der Waals surface area contributed by atoms with Crippen molar-refractivity contribution in [2.75, 3.05) is 7.11 Å². The minimum Gasteiger partial charge on any atom is -0.504 e. The molecule has 0 fully saturated rings. The maximum atomic E-state index is 12.9. The van der Waals surface area contributed by atoms with Gasteiger partial charge in [0.05, 0.1) is 12.8 Å². The van der Waals surface area contributed by atoms with Crippen molar-refractivity contribution in [1.82, 2.24) is 19.1 Å². The van der Waals surface area contributed by atoms with Crippen LogP contribution in [-0.4, -0.2) is 31.3 Å². The molecule has 2 heterocycles. The summed E-state index contributed by atoms with van der Waals surface area (Å²) in [5.41, 5.74) is -1.05. The molecule has 0 radical (unpaired) electrons. The van der Waals surface area contributed by atoms with Crippen molar-refractivity contribution in [2.45, 2.75) is 26.9 Å². The number of ether oxygens (including phenoxy) is 1. The number of rotatable bonds is 4. The van der Waals surface area contributed by atoms with Crippen LogP contribution in [0.2, 0.25) is 0 Å². The van der Waals surface area contributed by atoms with Crippen molar-refractivity contribution < 1.29 is 9.84 Å². The van der Waals surface area contributed by atoms with Gasteiger partial charge in [0.25, 0.3) is 5.56 Å². The molecule has 2 N–H and O–H groups in total. The van der Waals surface area contributed by atoms with E-state index in [1.165, 1.54) is 23.8 Å². The van der Waals surface area contributed by atoms with Gasteiger partial charge in [-0.15, -0.1) is 0 Å². The SMILES string of the molecule is CCn1c(=O)c2c(-c3ccc(O)c(OC)c3)[nH]c(=O)nc2n(CC)c1=O. The Labute approximate surface area is 147 Å². The number of hydrogen-bond acceptors (Lipinski definition) is 6. The van der Waals surface area contributed by atoms with Crippen LogP contribution in [0.5, 0.6) is 11.5 Å². The topological polar surface area (TPSA) is 119 Å². The van der Waals surface area contributed by atoms with Gasteiger partial charge in [-0.05, 0) is 32.0 Å². The van der Waals surface area contributed by atoms with Crippen molar-refractivity contribution in [3.05, 3.63) is 49.5 Å². The standard InChI is InChI=1S/C17H18N4O5/c1-4-20-14-12(15(23)21(5-2)17(20)25)13(18-16(24)19-14)9-6-7-10(22)11(8-9)26-3/h6-8,22H,4-5H2,1-3H3,(H,18,19,24). The molecule has 0 saturated carbocycles. The number of aromatic hydroxyl groups is 1. The van der Waals surface area contributed by atoms with Crippen LogP contribution < -0.4 is 21.7 Å². The molecule has 9 nitrogen and oxygen atoms in total. The van der Waals surface area contributed by atoms with E-state index in [1.54, 1.807) is 19.9 Å². The molecule has 0 aliphatic carbocycles. The zero-order valence-electron chi connectivity index (χ0n) is 14.6. The van der Waals surface area contributed by atoms with Crippen LogP contribution in [0.15, 0.2) is 32.6 Å². The minimum absolute atomic E-state index is 0.0259. The molecular formula is C17H18N4O5. The van der Waals surface area contributed by atoms with E-state index < -0.39 is 16.9 Å². The van der Waals surface area contributed by atoms with Gasteiger partial charge < -0.3 is 14.8 Å². The van der Waals surface area contributed by atoms with Crippen LogP contribution in [0.1, 0.15) is 13.8 Å². The maximum absolute atomic E-state index is 12.9. The van der Waals surface area contributed by atoms with Crippen LogP contribution in [0.25, 0.3) is 22.3 Å². The van der Waals surface area contributed by atoms with Crippen LogP contribution >= 0.6 is 0 Å². The molecule has 0 spiro atoms. The molecule has 0 saturated heterocycles. The number of nitrogens with zero attached hydrogens (tertiary/aromatic N) is 3. The molecule has 0 unspecified atom stereocenters. The third kappa shape index (κ3) is 2.57. The van der Waals surface area contributed by atoms with E-state index in [-0.39, 0.29) is 41.3 Å². The van der Waals surface area contributed by atoms with E-state index in [9.17, 15) is 19.5 Å². The van der Waals surface area contributed by atoms with E-state index in [2.05, 4.69) is 9.97 Å². The van der Waals surface area contributed by atoms with Crippen LogP contribution in [0, 0.1) is 0 Å². The first-order valence-electron chi connectivity index (χ1n) is 8.07. The Morgan fingerprint density at radius 1 is 1.15 bits per heavy atom. The number of H-pyrrole nitrogens is 1. The first-order chi connectivity index (χ1) is 12.4. The van der Waals surface area contributed by atoms with Crippen molar-refractivity contribution in [3.8, 4) is 22.8 Å². The lowest BCUT2D eigenvalue weighted by atomic mass is 10.1. The van der Waals surface area contributed by atoms with E-state index in [4.69, 9.17) is 4.74 Å². The molecule has 0 aliphatic rings. The molecular weight excluding hydrogens is 340 g/mol. The Kier molecular flexibility index (Phi) is 4.37. The highest BCUT2D eigenvalue weighted by molar-refractivity contribution is 5.90. The smallest absolute Gasteiger partial charge is 0.347 e. The van der Waals surface area contributed by atoms with Gasteiger partial charge >= 0.3 is 11.4 Å². The minimum atomic E-state index is -0.685. The van der Waals surface area contributed by atoms with E-state index in [0.29, 0.717) is 5.56 Å². The van der Waals surface area contributed by atoms with Crippen molar-refractivity contribution >= 4 is 11.0 Å². The summed E-state index contributed by atoms with van der Waals surface area (Å²) in [6.07, 6.45) is 0. The van der Waals surface area contributed by atoms with Gasteiger partial charge in [0.1, 0.15) is 5.39 Å². The molecule has 0 bridgehead atoms. The number of aryl methyl sites for hydroxylation is 1. The molecule has 136 valence electrons. The quantitative estimate of drug-likeness (QED) is 0.707. The molecule has 0 amide bonds. The average molecular weight is 358 g/mol. The van der Waals surface area contributed by atoms with Gasteiger partial charge in [-0.2, -0.15) is 4.98 Å². The summed E-state index contributed by atoms with van der Waals surface area (Å²) in [7, 11) is 1.39. The van der Waals surface area contributed by atoms with Crippen molar-refractivity contribution in [3.63, 3.8) is 0 Å². The van der Waals surface area contributed by atoms with Gasteiger partial charge in [0.15, 0.2) is 17.1 Å². The number of phenolic OH excluding ortho intramolecular Hbond substituents is 1. The third-order valence-corrected chi connectivity index (χ3v) is 4.19. The summed E-state index contributed by atoms with van der Waals surface area (Å²) in [4.78, 5) is 43.9. The number of phenols is 1. The predicted molar refractivity (Wildman–Crippen MR) is 95.9 cm³/mol. The summed E-state index contributed by atoms with van der Waals surface area (Å²) >= 11 is 0. The van der Waals surface area contributed by atoms with Gasteiger partial charge in [0.2, 0.25) is 0 Å². The highest BCUT2D eigenvalue weighted by Crippen LogP contribution is 2.31. The van der Waals surface area contributed by atoms with Crippen LogP contribution in [0.4, 0.5) is 0 Å². The lowest BCUT2D eigenvalue weighted by molar-refractivity contribution is 0.373. The Morgan fingerprint density at radius 3 is 2.46 bits per heavy atom. The zero-order chi connectivity index (χ0) is 19.0. The molecule has 0 atom stereocenters. The van der Waals surface area contributed by atoms with Crippen molar-refractivity contribution in [2.24, 2.45) is 0 Å². The lowest BCUT2D eigenvalue weighted by Gasteiger charge is -2.13. The summed E-state index contributed by atoms with van der Waals surface area (Å²) < 4.78 is 7.47.